The highest BCUT2D eigenvalue weighted by atomic mass is 35.5. The molecule has 6 nitrogen and oxygen atoms in total. The lowest BCUT2D eigenvalue weighted by Gasteiger charge is -2.61. The molecule has 4 aliphatic carbocycles. The Morgan fingerprint density at radius 3 is 2.73 bits per heavy atom. The maximum atomic E-state index is 12.7. The second-order valence-electron chi connectivity index (χ2n) is 10.4. The van der Waals surface area contributed by atoms with Crippen LogP contribution in [0.3, 0.4) is 0 Å². The summed E-state index contributed by atoms with van der Waals surface area (Å²) in [5.41, 5.74) is 6.81. The first-order chi connectivity index (χ1) is 13.9. The van der Waals surface area contributed by atoms with Crippen LogP contribution >= 0.6 is 12.4 Å². The predicted octanol–water partition coefficient (Wildman–Crippen LogP) is 3.32. The van der Waals surface area contributed by atoms with E-state index < -0.39 is 0 Å². The summed E-state index contributed by atoms with van der Waals surface area (Å²) in [6, 6.07) is 0. The Morgan fingerprint density at radius 1 is 1.20 bits per heavy atom. The molecule has 0 spiro atoms. The van der Waals surface area contributed by atoms with Gasteiger partial charge in [-0.1, -0.05) is 19.0 Å². The van der Waals surface area contributed by atoms with Gasteiger partial charge in [0.05, 0.1) is 5.71 Å². The average molecular weight is 440 g/mol. The maximum Gasteiger partial charge on any atom is 0.207 e. The van der Waals surface area contributed by atoms with E-state index in [1.807, 2.05) is 0 Å². The minimum absolute atomic E-state index is 0. The van der Waals surface area contributed by atoms with Crippen LogP contribution in [0.1, 0.15) is 65.2 Å². The minimum atomic E-state index is -0.107. The first-order valence-electron chi connectivity index (χ1n) is 11.5. The Bertz CT molecular complexity index is 687. The van der Waals surface area contributed by atoms with E-state index in [1.54, 1.807) is 0 Å². The normalized spacial score (nSPS) is 43.8. The van der Waals surface area contributed by atoms with Gasteiger partial charge in [0.2, 0.25) is 6.41 Å². The number of nitrogens with two attached hydrogens (primary N) is 1. The summed E-state index contributed by atoms with van der Waals surface area (Å²) in [5.74, 6) is 3.23. The van der Waals surface area contributed by atoms with E-state index in [9.17, 15) is 9.59 Å². The number of hydrogen-bond acceptors (Lipinski definition) is 5. The topological polar surface area (TPSA) is 93.8 Å². The summed E-state index contributed by atoms with van der Waals surface area (Å²) in [7, 11) is 0. The maximum absolute atomic E-state index is 12.7. The fourth-order valence-corrected chi connectivity index (χ4v) is 7.77. The quantitative estimate of drug-likeness (QED) is 0.377. The molecular formula is C23H38ClN3O3. The van der Waals surface area contributed by atoms with Crippen molar-refractivity contribution in [3.63, 3.8) is 0 Å². The molecule has 0 aromatic carbocycles. The molecule has 0 bridgehead atoms. The third-order valence-electron chi connectivity index (χ3n) is 9.26. The number of nitrogens with zero attached hydrogens (tertiary/aromatic N) is 1. The lowest BCUT2D eigenvalue weighted by Crippen LogP contribution is -2.57. The molecule has 0 heterocycles. The highest BCUT2D eigenvalue weighted by molar-refractivity contribution is 5.87. The van der Waals surface area contributed by atoms with Gasteiger partial charge < -0.3 is 15.9 Å². The zero-order valence-electron chi connectivity index (χ0n) is 18.4. The Morgan fingerprint density at radius 2 is 2.00 bits per heavy atom. The fourth-order valence-electron chi connectivity index (χ4n) is 7.77. The second-order valence-corrected chi connectivity index (χ2v) is 10.4. The standard InChI is InChI=1S/C23H37N3O3.ClH/c1-22-7-5-16(26-29-10-9-24)12-20(22)15(13-25-14-27)11-17-18-3-4-21(28)23(18,2)8-6-19(17)22;/h14-15,17-20H,3-13,24H2,1-2H3,(H,25,27);1H/t15?,17-,18-,19+,20?,22+,23-;/m0./s1. The summed E-state index contributed by atoms with van der Waals surface area (Å²) in [6.45, 7) is 6.38. The molecule has 2 unspecified atom stereocenters. The molecule has 7 atom stereocenters. The number of halogens is 1. The monoisotopic (exact) mass is 439 g/mol. The van der Waals surface area contributed by atoms with Crippen molar-refractivity contribution in [1.82, 2.24) is 5.32 Å². The number of nitrogens with one attached hydrogen (secondary N) is 1. The fraction of sp³-hybridized carbons (Fsp3) is 0.870. The van der Waals surface area contributed by atoms with Crippen molar-refractivity contribution in [2.45, 2.75) is 65.2 Å². The summed E-state index contributed by atoms with van der Waals surface area (Å²) in [4.78, 5) is 29.2. The molecule has 0 aliphatic heterocycles. The van der Waals surface area contributed by atoms with Crippen molar-refractivity contribution < 1.29 is 14.4 Å². The summed E-state index contributed by atoms with van der Waals surface area (Å²) in [5, 5.41) is 7.36. The zero-order chi connectivity index (χ0) is 20.6. The highest BCUT2D eigenvalue weighted by Crippen LogP contribution is 2.66. The molecule has 0 aromatic rings. The van der Waals surface area contributed by atoms with E-state index in [0.717, 1.165) is 63.6 Å². The number of amides is 1. The molecule has 7 heteroatoms. The van der Waals surface area contributed by atoms with E-state index in [4.69, 9.17) is 10.6 Å². The number of fused-ring (bicyclic) bond motifs is 5. The van der Waals surface area contributed by atoms with Gasteiger partial charge >= 0.3 is 0 Å². The average Bonchev–Trinajstić information content (AvgIpc) is 3.01. The molecule has 0 aromatic heterocycles. The molecule has 4 aliphatic rings. The van der Waals surface area contributed by atoms with Crippen molar-refractivity contribution in [2.75, 3.05) is 19.7 Å². The minimum Gasteiger partial charge on any atom is -0.395 e. The van der Waals surface area contributed by atoms with Gasteiger partial charge in [-0.2, -0.15) is 0 Å². The van der Waals surface area contributed by atoms with Crippen molar-refractivity contribution in [1.29, 1.82) is 0 Å². The van der Waals surface area contributed by atoms with Crippen LogP contribution in [0.15, 0.2) is 5.16 Å². The third-order valence-corrected chi connectivity index (χ3v) is 9.26. The smallest absolute Gasteiger partial charge is 0.207 e. The number of ketones is 1. The molecule has 4 rings (SSSR count). The van der Waals surface area contributed by atoms with Crippen LogP contribution in [0, 0.1) is 40.4 Å². The van der Waals surface area contributed by atoms with Crippen molar-refractivity contribution in [3.05, 3.63) is 0 Å². The summed E-state index contributed by atoms with van der Waals surface area (Å²) in [6.07, 6.45) is 9.05. The Hall–Kier alpha value is -1.14. The first-order valence-corrected chi connectivity index (χ1v) is 11.5. The van der Waals surface area contributed by atoms with Gasteiger partial charge in [0, 0.05) is 24.9 Å². The predicted molar refractivity (Wildman–Crippen MR) is 119 cm³/mol. The number of hydrogen-bond donors (Lipinski definition) is 2. The summed E-state index contributed by atoms with van der Waals surface area (Å²) < 4.78 is 0. The number of carbonyl (C=O) groups excluding carboxylic acids is 2. The van der Waals surface area contributed by atoms with Gasteiger partial charge in [-0.25, -0.2) is 0 Å². The molecule has 170 valence electrons. The number of carbonyl (C=O) groups is 2. The molecule has 4 saturated carbocycles. The van der Waals surface area contributed by atoms with Crippen LogP contribution in [0.4, 0.5) is 0 Å². The van der Waals surface area contributed by atoms with E-state index in [0.29, 0.717) is 48.5 Å². The Kier molecular flexibility index (Phi) is 7.18. The molecular weight excluding hydrogens is 402 g/mol. The molecule has 3 N–H and O–H groups in total. The largest absolute Gasteiger partial charge is 0.395 e. The van der Waals surface area contributed by atoms with Crippen LogP contribution in [0.2, 0.25) is 0 Å². The van der Waals surface area contributed by atoms with Crippen LogP contribution in [-0.4, -0.2) is 37.6 Å². The number of rotatable bonds is 6. The van der Waals surface area contributed by atoms with Gasteiger partial charge in [0.25, 0.3) is 0 Å². The molecule has 30 heavy (non-hydrogen) atoms. The van der Waals surface area contributed by atoms with Gasteiger partial charge in [0.1, 0.15) is 12.4 Å². The van der Waals surface area contributed by atoms with Gasteiger partial charge in [0.15, 0.2) is 0 Å². The SMILES string of the molecule is C[C@]12CCC(=NOCCN)CC1C(CNC=O)C[C@@H]1[C@H]2CC[C@]2(C)C(=O)CC[C@@H]12.Cl. The Labute approximate surface area is 186 Å². The van der Waals surface area contributed by atoms with Gasteiger partial charge in [-0.15, -0.1) is 12.4 Å². The van der Waals surface area contributed by atoms with Crippen molar-refractivity contribution in [3.8, 4) is 0 Å². The molecule has 4 fully saturated rings. The van der Waals surface area contributed by atoms with Crippen LogP contribution in [-0.2, 0) is 14.4 Å². The second kappa shape index (κ2) is 9.15. The van der Waals surface area contributed by atoms with E-state index in [1.165, 1.54) is 6.42 Å². The molecule has 0 saturated heterocycles. The lowest BCUT2D eigenvalue weighted by molar-refractivity contribution is -0.142. The Balaban J connectivity index is 0.00000256. The molecule has 1 amide bonds. The van der Waals surface area contributed by atoms with Crippen molar-refractivity contribution >= 4 is 30.3 Å². The van der Waals surface area contributed by atoms with E-state index in [2.05, 4.69) is 24.3 Å². The van der Waals surface area contributed by atoms with Crippen LogP contribution in [0.25, 0.3) is 0 Å². The van der Waals surface area contributed by atoms with Gasteiger partial charge in [-0.05, 0) is 80.0 Å². The number of Topliss-reactive ketones (excluding diaryl/α,β-unsaturated/α-hetero) is 1. The van der Waals surface area contributed by atoms with Crippen molar-refractivity contribution in [2.24, 2.45) is 51.3 Å². The lowest BCUT2D eigenvalue weighted by atomic mass is 9.43. The van der Waals surface area contributed by atoms with Crippen LogP contribution < -0.4 is 11.1 Å². The van der Waals surface area contributed by atoms with E-state index in [-0.39, 0.29) is 23.2 Å². The van der Waals surface area contributed by atoms with E-state index >= 15 is 0 Å². The highest BCUT2D eigenvalue weighted by Gasteiger charge is 2.61. The summed E-state index contributed by atoms with van der Waals surface area (Å²) >= 11 is 0. The first kappa shape index (κ1) is 23.5. The zero-order valence-corrected chi connectivity index (χ0v) is 19.2. The van der Waals surface area contributed by atoms with Gasteiger partial charge in [-0.3, -0.25) is 9.59 Å². The number of oxime groups is 1. The van der Waals surface area contributed by atoms with Crippen LogP contribution in [0.5, 0.6) is 0 Å². The third kappa shape index (κ3) is 3.79. The molecule has 0 radical (unpaired) electrons.